The van der Waals surface area contributed by atoms with Gasteiger partial charge in [0, 0.05) is 6.54 Å². The molecule has 0 heterocycles. The van der Waals surface area contributed by atoms with Crippen molar-refractivity contribution in [1.29, 1.82) is 0 Å². The van der Waals surface area contributed by atoms with Crippen LogP contribution in [0.3, 0.4) is 0 Å². The lowest BCUT2D eigenvalue weighted by Gasteiger charge is -2.24. The van der Waals surface area contributed by atoms with Crippen molar-refractivity contribution in [3.8, 4) is 0 Å². The first-order chi connectivity index (χ1) is 7.54. The predicted octanol–water partition coefficient (Wildman–Crippen LogP) is 3.06. The van der Waals surface area contributed by atoms with Gasteiger partial charge >= 0.3 is 0 Å². The summed E-state index contributed by atoms with van der Waals surface area (Å²) in [5, 5.41) is 0. The molecule has 2 N–H and O–H groups in total. The number of aryl methyl sites for hydroxylation is 1. The summed E-state index contributed by atoms with van der Waals surface area (Å²) in [6.45, 7) is 9.04. The number of rotatable bonds is 5. The van der Waals surface area contributed by atoms with E-state index in [0.29, 0.717) is 12.5 Å². The molecule has 90 valence electrons. The minimum atomic E-state index is 0.0114. The minimum Gasteiger partial charge on any atom is -0.369 e. The molecule has 2 nitrogen and oxygen atoms in total. The van der Waals surface area contributed by atoms with E-state index < -0.39 is 0 Å². The van der Waals surface area contributed by atoms with Crippen LogP contribution in [0, 0.1) is 12.8 Å². The van der Waals surface area contributed by atoms with Crippen molar-refractivity contribution < 1.29 is 4.74 Å². The van der Waals surface area contributed by atoms with E-state index >= 15 is 0 Å². The average Bonchev–Trinajstić information content (AvgIpc) is 2.25. The van der Waals surface area contributed by atoms with Crippen LogP contribution in [-0.4, -0.2) is 12.6 Å². The second-order valence-electron chi connectivity index (χ2n) is 4.72. The summed E-state index contributed by atoms with van der Waals surface area (Å²) in [6.07, 6.45) is 0.242. The topological polar surface area (TPSA) is 35.2 Å². The quantitative estimate of drug-likeness (QED) is 0.829. The van der Waals surface area contributed by atoms with Crippen molar-refractivity contribution in [2.45, 2.75) is 39.9 Å². The average molecular weight is 221 g/mol. The highest BCUT2D eigenvalue weighted by Crippen LogP contribution is 2.21. The Balaban J connectivity index is 2.74. The van der Waals surface area contributed by atoms with Gasteiger partial charge in [-0.05, 0) is 25.3 Å². The normalized spacial score (nSPS) is 15.1. The highest BCUT2D eigenvalue weighted by Gasteiger charge is 2.16. The standard InChI is InChI=1S/C14H23NO/c1-10(2)12(4)16-14(9-15)13-7-5-6-11(3)8-13/h5-8,10,12,14H,9,15H2,1-4H3. The summed E-state index contributed by atoms with van der Waals surface area (Å²) in [6, 6.07) is 8.36. The fourth-order valence-electron chi connectivity index (χ4n) is 1.56. The Kier molecular flexibility index (Phi) is 4.97. The molecule has 0 aliphatic rings. The van der Waals surface area contributed by atoms with Gasteiger partial charge in [0.15, 0.2) is 0 Å². The Labute approximate surface area is 98.8 Å². The Morgan fingerprint density at radius 2 is 1.94 bits per heavy atom. The molecule has 2 unspecified atom stereocenters. The SMILES string of the molecule is Cc1cccc(C(CN)OC(C)C(C)C)c1. The van der Waals surface area contributed by atoms with Crippen LogP contribution in [-0.2, 0) is 4.74 Å². The molecule has 0 spiro atoms. The van der Waals surface area contributed by atoms with Crippen molar-refractivity contribution in [2.75, 3.05) is 6.54 Å². The van der Waals surface area contributed by atoms with Gasteiger partial charge < -0.3 is 10.5 Å². The van der Waals surface area contributed by atoms with E-state index in [9.17, 15) is 0 Å². The smallest absolute Gasteiger partial charge is 0.0950 e. The van der Waals surface area contributed by atoms with Gasteiger partial charge in [-0.3, -0.25) is 0 Å². The first kappa shape index (κ1) is 13.2. The first-order valence-corrected chi connectivity index (χ1v) is 5.96. The third-order valence-electron chi connectivity index (χ3n) is 2.95. The number of hydrogen-bond acceptors (Lipinski definition) is 2. The summed E-state index contributed by atoms with van der Waals surface area (Å²) in [4.78, 5) is 0. The van der Waals surface area contributed by atoms with E-state index in [1.807, 2.05) is 0 Å². The van der Waals surface area contributed by atoms with Gasteiger partial charge in [0.2, 0.25) is 0 Å². The summed E-state index contributed by atoms with van der Waals surface area (Å²) < 4.78 is 5.98. The predicted molar refractivity (Wildman–Crippen MR) is 68.4 cm³/mol. The molecule has 2 atom stereocenters. The van der Waals surface area contributed by atoms with Crippen LogP contribution in [0.25, 0.3) is 0 Å². The number of ether oxygens (including phenoxy) is 1. The lowest BCUT2D eigenvalue weighted by Crippen LogP contribution is -2.24. The maximum absolute atomic E-state index is 5.98. The van der Waals surface area contributed by atoms with Gasteiger partial charge in [0.05, 0.1) is 12.2 Å². The second-order valence-corrected chi connectivity index (χ2v) is 4.72. The lowest BCUT2D eigenvalue weighted by molar-refractivity contribution is -0.0221. The molecule has 2 heteroatoms. The molecule has 1 aromatic carbocycles. The maximum Gasteiger partial charge on any atom is 0.0950 e. The summed E-state index contributed by atoms with van der Waals surface area (Å²) >= 11 is 0. The third-order valence-corrected chi connectivity index (χ3v) is 2.95. The van der Waals surface area contributed by atoms with Crippen LogP contribution < -0.4 is 5.73 Å². The Bertz CT molecular complexity index is 322. The highest BCUT2D eigenvalue weighted by molar-refractivity contribution is 5.24. The molecular weight excluding hydrogens is 198 g/mol. The third kappa shape index (κ3) is 3.62. The number of nitrogens with two attached hydrogens (primary N) is 1. The van der Waals surface area contributed by atoms with E-state index in [1.165, 1.54) is 11.1 Å². The molecule has 1 rings (SSSR count). The van der Waals surface area contributed by atoms with Crippen LogP contribution in [0.5, 0.6) is 0 Å². The molecule has 0 radical (unpaired) electrons. The molecular formula is C14H23NO. The number of hydrogen-bond donors (Lipinski definition) is 1. The van der Waals surface area contributed by atoms with E-state index in [2.05, 4.69) is 52.0 Å². The summed E-state index contributed by atoms with van der Waals surface area (Å²) in [5.41, 5.74) is 8.20. The molecule has 0 saturated carbocycles. The number of benzene rings is 1. The lowest BCUT2D eigenvalue weighted by atomic mass is 10.0. The van der Waals surface area contributed by atoms with Gasteiger partial charge in [-0.2, -0.15) is 0 Å². The molecule has 0 fully saturated rings. The second kappa shape index (κ2) is 6.02. The van der Waals surface area contributed by atoms with Gasteiger partial charge in [0.25, 0.3) is 0 Å². The monoisotopic (exact) mass is 221 g/mol. The Morgan fingerprint density at radius 3 is 2.44 bits per heavy atom. The van der Waals surface area contributed by atoms with E-state index in [0.717, 1.165) is 0 Å². The zero-order chi connectivity index (χ0) is 12.1. The first-order valence-electron chi connectivity index (χ1n) is 5.96. The van der Waals surface area contributed by atoms with Gasteiger partial charge in [-0.25, -0.2) is 0 Å². The molecule has 0 bridgehead atoms. The molecule has 0 aromatic heterocycles. The fourth-order valence-corrected chi connectivity index (χ4v) is 1.56. The van der Waals surface area contributed by atoms with E-state index in [-0.39, 0.29) is 12.2 Å². The van der Waals surface area contributed by atoms with Crippen LogP contribution in [0.1, 0.15) is 38.0 Å². The zero-order valence-corrected chi connectivity index (χ0v) is 10.7. The zero-order valence-electron chi connectivity index (χ0n) is 10.7. The Morgan fingerprint density at radius 1 is 1.25 bits per heavy atom. The van der Waals surface area contributed by atoms with E-state index in [4.69, 9.17) is 10.5 Å². The van der Waals surface area contributed by atoms with Crippen LogP contribution in [0.15, 0.2) is 24.3 Å². The van der Waals surface area contributed by atoms with Crippen molar-refractivity contribution in [3.05, 3.63) is 35.4 Å². The highest BCUT2D eigenvalue weighted by atomic mass is 16.5. The molecule has 0 saturated heterocycles. The molecule has 0 amide bonds. The van der Waals surface area contributed by atoms with Crippen molar-refractivity contribution in [1.82, 2.24) is 0 Å². The maximum atomic E-state index is 5.98. The van der Waals surface area contributed by atoms with Crippen molar-refractivity contribution >= 4 is 0 Å². The van der Waals surface area contributed by atoms with Crippen LogP contribution >= 0.6 is 0 Å². The van der Waals surface area contributed by atoms with Crippen molar-refractivity contribution in [3.63, 3.8) is 0 Å². The van der Waals surface area contributed by atoms with E-state index in [1.54, 1.807) is 0 Å². The largest absolute Gasteiger partial charge is 0.369 e. The fraction of sp³-hybridized carbons (Fsp3) is 0.571. The summed E-state index contributed by atoms with van der Waals surface area (Å²) in [7, 11) is 0. The van der Waals surface area contributed by atoms with Crippen molar-refractivity contribution in [2.24, 2.45) is 11.7 Å². The molecule has 1 aromatic rings. The van der Waals surface area contributed by atoms with Crippen LogP contribution in [0.2, 0.25) is 0 Å². The molecule has 0 aliphatic heterocycles. The van der Waals surface area contributed by atoms with Gasteiger partial charge in [-0.1, -0.05) is 43.7 Å². The summed E-state index contributed by atoms with van der Waals surface area (Å²) in [5.74, 6) is 0.513. The minimum absolute atomic E-state index is 0.0114. The van der Waals surface area contributed by atoms with Crippen LogP contribution in [0.4, 0.5) is 0 Å². The van der Waals surface area contributed by atoms with Gasteiger partial charge in [0.1, 0.15) is 0 Å². The molecule has 16 heavy (non-hydrogen) atoms. The van der Waals surface area contributed by atoms with Gasteiger partial charge in [-0.15, -0.1) is 0 Å². The molecule has 0 aliphatic carbocycles. The Hall–Kier alpha value is -0.860.